The SMILES string of the molecule is NCc1ccc(OC[C@H](O)COc2cccc(CC3(C(=O)O)CCCO3)c2)cc1. The van der Waals surface area contributed by atoms with Crippen molar-refractivity contribution in [3.05, 3.63) is 59.7 Å². The molecule has 2 aromatic carbocycles. The molecule has 7 nitrogen and oxygen atoms in total. The molecule has 1 aliphatic heterocycles. The van der Waals surface area contributed by atoms with E-state index in [-0.39, 0.29) is 19.6 Å². The van der Waals surface area contributed by atoms with Crippen molar-refractivity contribution in [3.63, 3.8) is 0 Å². The summed E-state index contributed by atoms with van der Waals surface area (Å²) in [6.07, 6.45) is 0.708. The van der Waals surface area contributed by atoms with Gasteiger partial charge in [0, 0.05) is 19.6 Å². The summed E-state index contributed by atoms with van der Waals surface area (Å²) in [5.41, 5.74) is 6.23. The van der Waals surface area contributed by atoms with Gasteiger partial charge in [0.2, 0.25) is 0 Å². The normalized spacial score (nSPS) is 19.7. The monoisotopic (exact) mass is 401 g/mol. The average molecular weight is 401 g/mol. The largest absolute Gasteiger partial charge is 0.491 e. The van der Waals surface area contributed by atoms with Crippen molar-refractivity contribution in [1.82, 2.24) is 0 Å². The van der Waals surface area contributed by atoms with E-state index in [9.17, 15) is 15.0 Å². The van der Waals surface area contributed by atoms with Gasteiger partial charge in [-0.25, -0.2) is 4.79 Å². The standard InChI is InChI=1S/C22H27NO6/c23-13-16-5-7-19(8-6-16)27-14-18(24)15-28-20-4-1-3-17(11-20)12-22(21(25)26)9-2-10-29-22/h1,3-8,11,18,24H,2,9-10,12-15,23H2,(H,25,26)/t18-,22?/m0/s1. The maximum atomic E-state index is 11.6. The van der Waals surface area contributed by atoms with Crippen LogP contribution in [0.1, 0.15) is 24.0 Å². The fraction of sp³-hybridized carbons (Fsp3) is 0.409. The molecule has 0 radical (unpaired) electrons. The highest BCUT2D eigenvalue weighted by atomic mass is 16.5. The number of hydrogen-bond donors (Lipinski definition) is 3. The van der Waals surface area contributed by atoms with Gasteiger partial charge >= 0.3 is 5.97 Å². The Morgan fingerprint density at radius 3 is 2.45 bits per heavy atom. The van der Waals surface area contributed by atoms with Crippen molar-refractivity contribution in [2.75, 3.05) is 19.8 Å². The Hall–Kier alpha value is -2.61. The van der Waals surface area contributed by atoms with Gasteiger partial charge in [0.25, 0.3) is 0 Å². The van der Waals surface area contributed by atoms with Crippen LogP contribution in [0.2, 0.25) is 0 Å². The number of hydrogen-bond acceptors (Lipinski definition) is 6. The Balaban J connectivity index is 1.50. The van der Waals surface area contributed by atoms with Gasteiger partial charge < -0.3 is 30.2 Å². The predicted octanol–water partition coefficient (Wildman–Crippen LogP) is 2.14. The van der Waals surface area contributed by atoms with Crippen molar-refractivity contribution in [3.8, 4) is 11.5 Å². The van der Waals surface area contributed by atoms with Crippen LogP contribution in [0.25, 0.3) is 0 Å². The molecule has 2 atom stereocenters. The van der Waals surface area contributed by atoms with E-state index in [1.807, 2.05) is 30.3 Å². The first-order valence-corrected chi connectivity index (χ1v) is 9.70. The molecule has 0 amide bonds. The van der Waals surface area contributed by atoms with Gasteiger partial charge in [-0.3, -0.25) is 0 Å². The quantitative estimate of drug-likeness (QED) is 0.559. The van der Waals surface area contributed by atoms with E-state index in [1.54, 1.807) is 18.2 Å². The molecule has 1 saturated heterocycles. The molecule has 3 rings (SSSR count). The van der Waals surface area contributed by atoms with Gasteiger partial charge in [-0.2, -0.15) is 0 Å². The van der Waals surface area contributed by atoms with Crippen LogP contribution >= 0.6 is 0 Å². The number of carbonyl (C=O) groups is 1. The maximum absolute atomic E-state index is 11.6. The van der Waals surface area contributed by atoms with E-state index >= 15 is 0 Å². The molecule has 1 fully saturated rings. The average Bonchev–Trinajstić information content (AvgIpc) is 3.21. The Labute approximate surface area is 170 Å². The van der Waals surface area contributed by atoms with E-state index in [2.05, 4.69) is 0 Å². The van der Waals surface area contributed by atoms with Gasteiger partial charge in [-0.05, 0) is 48.2 Å². The highest BCUT2D eigenvalue weighted by molar-refractivity contribution is 5.78. The minimum absolute atomic E-state index is 0.0604. The van der Waals surface area contributed by atoms with Crippen LogP contribution in [0.5, 0.6) is 11.5 Å². The van der Waals surface area contributed by atoms with Crippen molar-refractivity contribution in [2.24, 2.45) is 5.73 Å². The van der Waals surface area contributed by atoms with Crippen molar-refractivity contribution in [2.45, 2.75) is 37.5 Å². The maximum Gasteiger partial charge on any atom is 0.336 e. The Kier molecular flexibility index (Phi) is 7.09. The lowest BCUT2D eigenvalue weighted by molar-refractivity contribution is -0.159. The van der Waals surface area contributed by atoms with Crippen LogP contribution in [-0.4, -0.2) is 47.7 Å². The highest BCUT2D eigenvalue weighted by Gasteiger charge is 2.42. The first kappa shape index (κ1) is 21.1. The van der Waals surface area contributed by atoms with Crippen LogP contribution in [0.15, 0.2) is 48.5 Å². The minimum atomic E-state index is -1.16. The van der Waals surface area contributed by atoms with Gasteiger partial charge in [-0.15, -0.1) is 0 Å². The number of aliphatic hydroxyl groups is 1. The molecule has 7 heteroatoms. The molecular weight excluding hydrogens is 374 g/mol. The Morgan fingerprint density at radius 2 is 1.83 bits per heavy atom. The molecule has 0 saturated carbocycles. The number of aliphatic carboxylic acids is 1. The van der Waals surface area contributed by atoms with E-state index < -0.39 is 17.7 Å². The van der Waals surface area contributed by atoms with E-state index in [0.29, 0.717) is 31.1 Å². The molecule has 156 valence electrons. The molecule has 1 aliphatic rings. The summed E-state index contributed by atoms with van der Waals surface area (Å²) in [6.45, 7) is 1.09. The number of benzene rings is 2. The number of carboxylic acid groups (broad SMARTS) is 1. The summed E-state index contributed by atoms with van der Waals surface area (Å²) < 4.78 is 16.7. The summed E-state index contributed by atoms with van der Waals surface area (Å²) in [7, 11) is 0. The lowest BCUT2D eigenvalue weighted by Crippen LogP contribution is -2.40. The first-order valence-electron chi connectivity index (χ1n) is 9.70. The molecule has 4 N–H and O–H groups in total. The van der Waals surface area contributed by atoms with Crippen LogP contribution in [-0.2, 0) is 22.5 Å². The summed E-state index contributed by atoms with van der Waals surface area (Å²) in [5, 5.41) is 19.7. The highest BCUT2D eigenvalue weighted by Crippen LogP contribution is 2.31. The molecule has 0 bridgehead atoms. The number of rotatable bonds is 10. The topological polar surface area (TPSA) is 111 Å². The van der Waals surface area contributed by atoms with Gasteiger partial charge in [-0.1, -0.05) is 24.3 Å². The molecular formula is C22H27NO6. The second-order valence-corrected chi connectivity index (χ2v) is 7.20. The zero-order valence-corrected chi connectivity index (χ0v) is 16.3. The Morgan fingerprint density at radius 1 is 1.10 bits per heavy atom. The predicted molar refractivity (Wildman–Crippen MR) is 107 cm³/mol. The van der Waals surface area contributed by atoms with E-state index in [0.717, 1.165) is 17.5 Å². The van der Waals surface area contributed by atoms with Crippen molar-refractivity contribution >= 4 is 5.97 Å². The third-order valence-corrected chi connectivity index (χ3v) is 4.93. The third kappa shape index (κ3) is 5.69. The number of nitrogens with two attached hydrogens (primary N) is 1. The van der Waals surface area contributed by atoms with Gasteiger partial charge in [0.05, 0.1) is 0 Å². The zero-order valence-electron chi connectivity index (χ0n) is 16.3. The molecule has 1 heterocycles. The lowest BCUT2D eigenvalue weighted by atomic mass is 9.91. The second kappa shape index (κ2) is 9.73. The second-order valence-electron chi connectivity index (χ2n) is 7.20. The van der Waals surface area contributed by atoms with E-state index in [1.165, 1.54) is 0 Å². The van der Waals surface area contributed by atoms with E-state index in [4.69, 9.17) is 19.9 Å². The van der Waals surface area contributed by atoms with Crippen LogP contribution in [0, 0.1) is 0 Å². The summed E-state index contributed by atoms with van der Waals surface area (Å²) >= 11 is 0. The fourth-order valence-electron chi connectivity index (χ4n) is 3.31. The van der Waals surface area contributed by atoms with Crippen molar-refractivity contribution in [1.29, 1.82) is 0 Å². The molecule has 29 heavy (non-hydrogen) atoms. The molecule has 1 unspecified atom stereocenters. The Bertz CT molecular complexity index is 801. The smallest absolute Gasteiger partial charge is 0.336 e. The number of aliphatic hydroxyl groups excluding tert-OH is 1. The zero-order chi connectivity index (χ0) is 20.7. The fourth-order valence-corrected chi connectivity index (χ4v) is 3.31. The molecule has 0 aromatic heterocycles. The summed E-state index contributed by atoms with van der Waals surface area (Å²) in [5.74, 6) is 0.277. The summed E-state index contributed by atoms with van der Waals surface area (Å²) in [4.78, 5) is 11.6. The third-order valence-electron chi connectivity index (χ3n) is 4.93. The van der Waals surface area contributed by atoms with Crippen molar-refractivity contribution < 1.29 is 29.2 Å². The van der Waals surface area contributed by atoms with Crippen LogP contribution in [0.3, 0.4) is 0 Å². The van der Waals surface area contributed by atoms with Gasteiger partial charge in [0.15, 0.2) is 5.60 Å². The molecule has 0 spiro atoms. The molecule has 0 aliphatic carbocycles. The van der Waals surface area contributed by atoms with Crippen LogP contribution in [0.4, 0.5) is 0 Å². The number of carboxylic acids is 1. The number of ether oxygens (including phenoxy) is 3. The van der Waals surface area contributed by atoms with Crippen LogP contribution < -0.4 is 15.2 Å². The minimum Gasteiger partial charge on any atom is -0.491 e. The first-order chi connectivity index (χ1) is 14.0. The summed E-state index contributed by atoms with van der Waals surface area (Å²) in [6, 6.07) is 14.6. The molecule has 2 aromatic rings. The van der Waals surface area contributed by atoms with Gasteiger partial charge in [0.1, 0.15) is 30.8 Å². The lowest BCUT2D eigenvalue weighted by Gasteiger charge is -2.23.